The molecule has 0 spiro atoms. The maximum absolute atomic E-state index is 13.1. The van der Waals surface area contributed by atoms with Crippen molar-refractivity contribution in [2.75, 3.05) is 13.7 Å². The maximum Gasteiger partial charge on any atom is 0.262 e. The van der Waals surface area contributed by atoms with E-state index in [9.17, 15) is 9.59 Å². The molecule has 0 radical (unpaired) electrons. The van der Waals surface area contributed by atoms with Crippen LogP contribution in [0.1, 0.15) is 55.5 Å². The Morgan fingerprint density at radius 3 is 3.00 bits per heavy atom. The van der Waals surface area contributed by atoms with E-state index < -0.39 is 5.91 Å². The molecule has 2 aromatic heterocycles. The summed E-state index contributed by atoms with van der Waals surface area (Å²) in [4.78, 5) is 32.0. The molecule has 1 atom stereocenters. The van der Waals surface area contributed by atoms with Crippen molar-refractivity contribution >= 4 is 33.7 Å². The lowest BCUT2D eigenvalue weighted by Gasteiger charge is -2.17. The van der Waals surface area contributed by atoms with Gasteiger partial charge in [0.2, 0.25) is 0 Å². The predicted molar refractivity (Wildman–Crippen MR) is 139 cm³/mol. The van der Waals surface area contributed by atoms with Crippen LogP contribution in [0.3, 0.4) is 0 Å². The molecular weight excluding hydrogens is 464 g/mol. The third-order valence-electron chi connectivity index (χ3n) is 6.19. The van der Waals surface area contributed by atoms with Gasteiger partial charge in [-0.1, -0.05) is 26.7 Å². The highest BCUT2D eigenvalue weighted by Crippen LogP contribution is 2.35. The van der Waals surface area contributed by atoms with E-state index in [0.717, 1.165) is 54.5 Å². The van der Waals surface area contributed by atoms with Gasteiger partial charge in [-0.2, -0.15) is 5.10 Å². The maximum atomic E-state index is 13.1. The van der Waals surface area contributed by atoms with Crippen molar-refractivity contribution < 1.29 is 14.3 Å². The van der Waals surface area contributed by atoms with Gasteiger partial charge in [-0.25, -0.2) is 10.4 Å². The van der Waals surface area contributed by atoms with Crippen LogP contribution in [0.5, 0.6) is 11.5 Å². The molecule has 0 fully saturated rings. The van der Waals surface area contributed by atoms with Crippen molar-refractivity contribution in [3.8, 4) is 11.5 Å². The Bertz CT molecular complexity index is 1280. The average molecular weight is 497 g/mol. The first-order valence-corrected chi connectivity index (χ1v) is 12.9. The molecule has 1 aliphatic carbocycles. The minimum Gasteiger partial charge on any atom is -0.493 e. The Balaban J connectivity index is 1.39. The van der Waals surface area contributed by atoms with Crippen molar-refractivity contribution in [3.63, 3.8) is 0 Å². The monoisotopic (exact) mass is 496 g/mol. The van der Waals surface area contributed by atoms with Crippen molar-refractivity contribution in [1.29, 1.82) is 0 Å². The summed E-state index contributed by atoms with van der Waals surface area (Å²) in [7, 11) is 1.59. The van der Waals surface area contributed by atoms with Crippen molar-refractivity contribution in [2.24, 2.45) is 11.0 Å². The fourth-order valence-corrected chi connectivity index (χ4v) is 5.61. The van der Waals surface area contributed by atoms with Crippen LogP contribution in [-0.4, -0.2) is 35.4 Å². The Kier molecular flexibility index (Phi) is 8.17. The first-order valence-electron chi connectivity index (χ1n) is 12.1. The number of nitrogens with zero attached hydrogens (tertiary/aromatic N) is 3. The first kappa shape index (κ1) is 24.9. The number of nitrogens with one attached hydrogen (secondary N) is 1. The molecule has 186 valence electrons. The molecule has 0 saturated carbocycles. The summed E-state index contributed by atoms with van der Waals surface area (Å²) in [6, 6.07) is 5.47. The quantitative estimate of drug-likeness (QED) is 0.256. The number of ether oxygens (including phenoxy) is 2. The van der Waals surface area contributed by atoms with Gasteiger partial charge in [-0.15, -0.1) is 11.3 Å². The zero-order valence-electron chi connectivity index (χ0n) is 20.5. The third kappa shape index (κ3) is 5.90. The van der Waals surface area contributed by atoms with Crippen LogP contribution in [0.2, 0.25) is 0 Å². The summed E-state index contributed by atoms with van der Waals surface area (Å²) < 4.78 is 12.6. The highest BCUT2D eigenvalue weighted by molar-refractivity contribution is 7.18. The van der Waals surface area contributed by atoms with Gasteiger partial charge in [0.05, 0.1) is 31.6 Å². The number of thiophene rings is 1. The van der Waals surface area contributed by atoms with Crippen LogP contribution in [0, 0.1) is 5.92 Å². The summed E-state index contributed by atoms with van der Waals surface area (Å²) >= 11 is 1.60. The van der Waals surface area contributed by atoms with Crippen molar-refractivity contribution in [2.45, 2.75) is 58.9 Å². The number of aromatic nitrogens is 2. The minimum atomic E-state index is -0.398. The average Bonchev–Trinajstić information content (AvgIpc) is 3.22. The standard InChI is InChI=1S/C26H32N4O4S/c1-4-5-6-11-34-20-10-8-18(13-21(20)33-3)14-28-29-23(31)15-30-16-27-25-24(26(30)32)19-9-7-17(2)12-22(19)35-25/h8,10,13-14,16-17H,4-7,9,11-12,15H2,1-3H3,(H,29,31)/b28-14-. The van der Waals surface area contributed by atoms with Gasteiger partial charge in [-0.05, 0) is 60.9 Å². The van der Waals surface area contributed by atoms with Gasteiger partial charge < -0.3 is 9.47 Å². The van der Waals surface area contributed by atoms with Crippen LogP contribution in [0.15, 0.2) is 34.4 Å². The van der Waals surface area contributed by atoms with E-state index >= 15 is 0 Å². The largest absolute Gasteiger partial charge is 0.493 e. The molecule has 1 N–H and O–H groups in total. The van der Waals surface area contributed by atoms with E-state index in [2.05, 4.69) is 29.4 Å². The first-order chi connectivity index (χ1) is 17.0. The number of hydrogen-bond donors (Lipinski definition) is 1. The van der Waals surface area contributed by atoms with E-state index in [4.69, 9.17) is 9.47 Å². The van der Waals surface area contributed by atoms with E-state index in [1.54, 1.807) is 24.5 Å². The SMILES string of the molecule is CCCCCOc1ccc(/C=N\NC(=O)Cn2cnc3sc4c(c3c2=O)CCC(C)C4)cc1OC. The molecule has 1 amide bonds. The van der Waals surface area contributed by atoms with Crippen LogP contribution in [0.25, 0.3) is 10.2 Å². The number of amides is 1. The molecular formula is C26H32N4O4S. The van der Waals surface area contributed by atoms with E-state index in [1.807, 2.05) is 12.1 Å². The molecule has 35 heavy (non-hydrogen) atoms. The van der Waals surface area contributed by atoms with Gasteiger partial charge in [0.1, 0.15) is 11.4 Å². The minimum absolute atomic E-state index is 0.145. The lowest BCUT2D eigenvalue weighted by Crippen LogP contribution is -2.30. The number of fused-ring (bicyclic) bond motifs is 3. The molecule has 1 aliphatic rings. The fourth-order valence-electron chi connectivity index (χ4n) is 4.27. The van der Waals surface area contributed by atoms with Crippen LogP contribution in [0.4, 0.5) is 0 Å². The van der Waals surface area contributed by atoms with Crippen molar-refractivity contribution in [1.82, 2.24) is 15.0 Å². The number of aryl methyl sites for hydroxylation is 1. The van der Waals surface area contributed by atoms with Gasteiger partial charge in [0, 0.05) is 4.88 Å². The lowest BCUT2D eigenvalue weighted by molar-refractivity contribution is -0.121. The van der Waals surface area contributed by atoms with Gasteiger partial charge >= 0.3 is 0 Å². The molecule has 0 saturated heterocycles. The number of rotatable bonds is 10. The second-order valence-corrected chi connectivity index (χ2v) is 10.1. The van der Waals surface area contributed by atoms with Crippen LogP contribution < -0.4 is 20.5 Å². The number of benzene rings is 1. The number of unbranched alkanes of at least 4 members (excludes halogenated alkanes) is 2. The predicted octanol–water partition coefficient (Wildman–Crippen LogP) is 4.31. The van der Waals surface area contributed by atoms with E-state index in [1.165, 1.54) is 22.0 Å². The summed E-state index contributed by atoms with van der Waals surface area (Å²) in [5.74, 6) is 1.51. The molecule has 9 heteroatoms. The number of hydrazone groups is 1. The van der Waals surface area contributed by atoms with E-state index in [-0.39, 0.29) is 12.1 Å². The molecule has 2 heterocycles. The molecule has 8 nitrogen and oxygen atoms in total. The second-order valence-electron chi connectivity index (χ2n) is 8.97. The normalized spacial score (nSPS) is 15.3. The van der Waals surface area contributed by atoms with Gasteiger partial charge in [-0.3, -0.25) is 14.2 Å². The fraction of sp³-hybridized carbons (Fsp3) is 0.462. The van der Waals surface area contributed by atoms with Crippen molar-refractivity contribution in [3.05, 3.63) is 50.9 Å². The summed E-state index contributed by atoms with van der Waals surface area (Å²) in [6.45, 7) is 4.88. The van der Waals surface area contributed by atoms with Gasteiger partial charge in [0.25, 0.3) is 11.5 Å². The molecule has 1 aromatic carbocycles. The number of hydrogen-bond acceptors (Lipinski definition) is 7. The smallest absolute Gasteiger partial charge is 0.262 e. The van der Waals surface area contributed by atoms with Crippen LogP contribution >= 0.6 is 11.3 Å². The lowest BCUT2D eigenvalue weighted by atomic mass is 9.89. The Morgan fingerprint density at radius 2 is 2.20 bits per heavy atom. The second kappa shape index (κ2) is 11.5. The van der Waals surface area contributed by atoms with Gasteiger partial charge in [0.15, 0.2) is 11.5 Å². The topological polar surface area (TPSA) is 94.8 Å². The summed E-state index contributed by atoms with van der Waals surface area (Å²) in [5.41, 5.74) is 4.19. The summed E-state index contributed by atoms with van der Waals surface area (Å²) in [5, 5.41) is 4.70. The zero-order valence-corrected chi connectivity index (χ0v) is 21.3. The zero-order chi connectivity index (χ0) is 24.8. The van der Waals surface area contributed by atoms with Crippen LogP contribution in [-0.2, 0) is 24.2 Å². The molecule has 4 rings (SSSR count). The Morgan fingerprint density at radius 1 is 1.34 bits per heavy atom. The molecule has 0 aliphatic heterocycles. The highest BCUT2D eigenvalue weighted by atomic mass is 32.1. The Hall–Kier alpha value is -3.20. The highest BCUT2D eigenvalue weighted by Gasteiger charge is 2.23. The molecule has 0 bridgehead atoms. The molecule has 3 aromatic rings. The number of carbonyl (C=O) groups is 1. The summed E-state index contributed by atoms with van der Waals surface area (Å²) in [6.07, 6.45) is 9.18. The molecule has 1 unspecified atom stereocenters. The third-order valence-corrected chi connectivity index (χ3v) is 7.35. The van der Waals surface area contributed by atoms with E-state index in [0.29, 0.717) is 29.4 Å². The number of carbonyl (C=O) groups excluding carboxylic acids is 1. The Labute approximate surface area is 209 Å². The number of methoxy groups -OCH3 is 1.